The standard InChI is InChI=1S/C19H36N8O7/c20-8-2-1-5-12(27-16(31)11(21)4-3-9-24-19(22)23)17(32)25-10-14(28)26-13(18(33)34)6-7-15(29)30/h11-13H,1-10,20-21H2,(H,25,32)(H,26,28)(H,27,31)(H,29,30)(H,33,34)(H4,22,23,24). The molecule has 34 heavy (non-hydrogen) atoms. The maximum atomic E-state index is 12.6. The van der Waals surface area contributed by atoms with Crippen LogP contribution in [0.25, 0.3) is 0 Å². The first-order valence-corrected chi connectivity index (χ1v) is 10.8. The summed E-state index contributed by atoms with van der Waals surface area (Å²) in [6, 6.07) is -3.32. The quantitative estimate of drug-likeness (QED) is 0.0519. The van der Waals surface area contributed by atoms with E-state index in [2.05, 4.69) is 20.9 Å². The molecule has 0 aromatic rings. The van der Waals surface area contributed by atoms with Crippen LogP contribution in [0.5, 0.6) is 0 Å². The summed E-state index contributed by atoms with van der Waals surface area (Å²) in [6.45, 7) is 0.119. The Morgan fingerprint density at radius 3 is 2.09 bits per heavy atom. The molecule has 0 aliphatic rings. The SMILES string of the molecule is NCCCCC(NC(=O)C(N)CCCN=C(N)N)C(=O)NCC(=O)NC(CCC(=O)O)C(=O)O. The van der Waals surface area contributed by atoms with E-state index in [1.54, 1.807) is 0 Å². The number of hydrogen-bond acceptors (Lipinski definition) is 8. The predicted molar refractivity (Wildman–Crippen MR) is 122 cm³/mol. The summed E-state index contributed by atoms with van der Waals surface area (Å²) in [4.78, 5) is 62.5. The molecule has 0 radical (unpaired) electrons. The second kappa shape index (κ2) is 17.1. The van der Waals surface area contributed by atoms with E-state index in [1.807, 2.05) is 0 Å². The molecule has 3 atom stereocenters. The third-order valence-corrected chi connectivity index (χ3v) is 4.59. The van der Waals surface area contributed by atoms with Gasteiger partial charge >= 0.3 is 11.9 Å². The minimum Gasteiger partial charge on any atom is -0.481 e. The van der Waals surface area contributed by atoms with Crippen LogP contribution in [0.2, 0.25) is 0 Å². The zero-order valence-corrected chi connectivity index (χ0v) is 19.0. The average molecular weight is 489 g/mol. The minimum atomic E-state index is -1.42. The maximum Gasteiger partial charge on any atom is 0.326 e. The lowest BCUT2D eigenvalue weighted by Crippen LogP contribution is -2.53. The van der Waals surface area contributed by atoms with Crippen molar-refractivity contribution in [1.29, 1.82) is 0 Å². The van der Waals surface area contributed by atoms with Gasteiger partial charge in [0.15, 0.2) is 5.96 Å². The largest absolute Gasteiger partial charge is 0.481 e. The van der Waals surface area contributed by atoms with Gasteiger partial charge in [0.25, 0.3) is 0 Å². The Hall–Kier alpha value is -3.46. The third-order valence-electron chi connectivity index (χ3n) is 4.59. The van der Waals surface area contributed by atoms with Gasteiger partial charge in [-0.2, -0.15) is 0 Å². The third kappa shape index (κ3) is 14.6. The molecular weight excluding hydrogens is 452 g/mol. The fourth-order valence-corrected chi connectivity index (χ4v) is 2.75. The number of carboxylic acid groups (broad SMARTS) is 2. The number of nitrogens with zero attached hydrogens (tertiary/aromatic N) is 1. The Bertz CT molecular complexity index is 727. The predicted octanol–water partition coefficient (Wildman–Crippen LogP) is -3.47. The Morgan fingerprint density at radius 2 is 1.53 bits per heavy atom. The molecule has 0 bridgehead atoms. The Kier molecular flexibility index (Phi) is 15.3. The van der Waals surface area contributed by atoms with Gasteiger partial charge in [-0.25, -0.2) is 4.79 Å². The molecule has 0 spiro atoms. The van der Waals surface area contributed by atoms with Crippen LogP contribution in [-0.2, 0) is 24.0 Å². The van der Waals surface area contributed by atoms with E-state index in [1.165, 1.54) is 0 Å². The normalized spacial score (nSPS) is 13.1. The van der Waals surface area contributed by atoms with Crippen molar-refractivity contribution < 1.29 is 34.2 Å². The second-order valence-corrected chi connectivity index (χ2v) is 7.51. The molecule has 0 heterocycles. The van der Waals surface area contributed by atoms with E-state index in [0.717, 1.165) is 0 Å². The Balaban J connectivity index is 4.84. The lowest BCUT2D eigenvalue weighted by Gasteiger charge is -2.21. The van der Waals surface area contributed by atoms with Gasteiger partial charge in [-0.1, -0.05) is 0 Å². The molecule has 0 saturated heterocycles. The van der Waals surface area contributed by atoms with Gasteiger partial charge in [-0.05, 0) is 45.1 Å². The van der Waals surface area contributed by atoms with Crippen LogP contribution in [0.15, 0.2) is 4.99 Å². The van der Waals surface area contributed by atoms with Crippen LogP contribution in [0, 0.1) is 0 Å². The topological polar surface area (TPSA) is 278 Å². The molecule has 0 aliphatic heterocycles. The number of hydrogen-bond donors (Lipinski definition) is 9. The molecule has 3 amide bonds. The number of nitrogens with two attached hydrogens (primary N) is 4. The maximum absolute atomic E-state index is 12.6. The van der Waals surface area contributed by atoms with Crippen LogP contribution < -0.4 is 38.9 Å². The van der Waals surface area contributed by atoms with Crippen molar-refractivity contribution >= 4 is 35.6 Å². The molecule has 13 N–H and O–H groups in total. The summed E-state index contributed by atoms with van der Waals surface area (Å²) in [7, 11) is 0. The van der Waals surface area contributed by atoms with Crippen molar-refractivity contribution in [1.82, 2.24) is 16.0 Å². The highest BCUT2D eigenvalue weighted by Gasteiger charge is 2.25. The highest BCUT2D eigenvalue weighted by atomic mass is 16.4. The summed E-state index contributed by atoms with van der Waals surface area (Å²) in [5.41, 5.74) is 21.8. The first-order valence-electron chi connectivity index (χ1n) is 10.8. The van der Waals surface area contributed by atoms with E-state index in [0.29, 0.717) is 32.4 Å². The fraction of sp³-hybridized carbons (Fsp3) is 0.684. The highest BCUT2D eigenvalue weighted by Crippen LogP contribution is 2.03. The van der Waals surface area contributed by atoms with Crippen molar-refractivity contribution in [2.75, 3.05) is 19.6 Å². The first kappa shape index (κ1) is 30.5. The number of unbranched alkanes of at least 4 members (excludes halogenated alkanes) is 1. The number of aliphatic imine (C=N–C) groups is 1. The van der Waals surface area contributed by atoms with E-state index >= 15 is 0 Å². The van der Waals surface area contributed by atoms with Crippen molar-refractivity contribution in [3.8, 4) is 0 Å². The van der Waals surface area contributed by atoms with Gasteiger partial charge in [-0.15, -0.1) is 0 Å². The van der Waals surface area contributed by atoms with Gasteiger partial charge in [0, 0.05) is 13.0 Å². The van der Waals surface area contributed by atoms with E-state index in [9.17, 15) is 24.0 Å². The van der Waals surface area contributed by atoms with Gasteiger partial charge in [0.1, 0.15) is 12.1 Å². The number of nitrogens with one attached hydrogen (secondary N) is 3. The van der Waals surface area contributed by atoms with E-state index in [-0.39, 0.29) is 25.2 Å². The van der Waals surface area contributed by atoms with Crippen molar-refractivity contribution in [3.05, 3.63) is 0 Å². The number of aliphatic carboxylic acids is 2. The van der Waals surface area contributed by atoms with Gasteiger partial charge in [0.2, 0.25) is 17.7 Å². The van der Waals surface area contributed by atoms with Gasteiger partial charge in [-0.3, -0.25) is 24.2 Å². The first-order chi connectivity index (χ1) is 16.0. The number of carboxylic acids is 2. The molecule has 0 fully saturated rings. The van der Waals surface area contributed by atoms with Crippen LogP contribution in [0.4, 0.5) is 0 Å². The smallest absolute Gasteiger partial charge is 0.326 e. The van der Waals surface area contributed by atoms with E-state index < -0.39 is 60.8 Å². The Labute approximate surface area is 197 Å². The van der Waals surface area contributed by atoms with Crippen LogP contribution in [0.3, 0.4) is 0 Å². The summed E-state index contributed by atoms with van der Waals surface area (Å²) in [5.74, 6) is -4.74. The zero-order valence-electron chi connectivity index (χ0n) is 19.0. The molecule has 15 nitrogen and oxygen atoms in total. The molecule has 15 heteroatoms. The number of carbonyl (C=O) groups is 5. The minimum absolute atomic E-state index is 0.0738. The summed E-state index contributed by atoms with van der Waals surface area (Å²) in [6.07, 6.45) is 1.33. The molecule has 0 saturated carbocycles. The average Bonchev–Trinajstić information content (AvgIpc) is 2.76. The number of rotatable bonds is 18. The summed E-state index contributed by atoms with van der Waals surface area (Å²) < 4.78 is 0. The summed E-state index contributed by atoms with van der Waals surface area (Å²) in [5, 5.41) is 24.8. The molecule has 0 aliphatic carbocycles. The summed E-state index contributed by atoms with van der Waals surface area (Å²) >= 11 is 0. The highest BCUT2D eigenvalue weighted by molar-refractivity contribution is 5.92. The number of guanidine groups is 1. The zero-order chi connectivity index (χ0) is 26.1. The van der Waals surface area contributed by atoms with Crippen molar-refractivity contribution in [3.63, 3.8) is 0 Å². The number of amides is 3. The van der Waals surface area contributed by atoms with Crippen molar-refractivity contribution in [2.45, 2.75) is 63.1 Å². The molecule has 3 unspecified atom stereocenters. The number of carbonyl (C=O) groups excluding carboxylic acids is 3. The fourth-order valence-electron chi connectivity index (χ4n) is 2.75. The molecular formula is C19H36N8O7. The molecule has 194 valence electrons. The van der Waals surface area contributed by atoms with Crippen LogP contribution in [0.1, 0.15) is 44.9 Å². The van der Waals surface area contributed by atoms with E-state index in [4.69, 9.17) is 33.1 Å². The molecule has 0 aromatic carbocycles. The lowest BCUT2D eigenvalue weighted by molar-refractivity contribution is -0.143. The lowest BCUT2D eigenvalue weighted by atomic mass is 10.1. The van der Waals surface area contributed by atoms with Crippen molar-refractivity contribution in [2.24, 2.45) is 27.9 Å². The van der Waals surface area contributed by atoms with Crippen LogP contribution in [-0.4, -0.2) is 83.6 Å². The molecule has 0 aromatic heterocycles. The Morgan fingerprint density at radius 1 is 0.853 bits per heavy atom. The second-order valence-electron chi connectivity index (χ2n) is 7.51. The van der Waals surface area contributed by atoms with Gasteiger partial charge < -0.3 is 49.1 Å². The monoisotopic (exact) mass is 488 g/mol. The van der Waals surface area contributed by atoms with Crippen LogP contribution >= 0.6 is 0 Å². The molecule has 0 rings (SSSR count). The van der Waals surface area contributed by atoms with Gasteiger partial charge in [0.05, 0.1) is 12.6 Å².